The van der Waals surface area contributed by atoms with Crippen molar-refractivity contribution >= 4 is 44.5 Å². The molecule has 0 spiro atoms. The number of carboxylic acid groups (broad SMARTS) is 1. The van der Waals surface area contributed by atoms with E-state index in [9.17, 15) is 4.79 Å². The number of carboxylic acids is 1. The number of carbonyl (C=O) groups is 1. The van der Waals surface area contributed by atoms with Gasteiger partial charge in [0.25, 0.3) is 0 Å². The van der Waals surface area contributed by atoms with E-state index in [0.29, 0.717) is 0 Å². The molecule has 0 amide bonds. The van der Waals surface area contributed by atoms with Crippen LogP contribution in [0.1, 0.15) is 11.1 Å². The second kappa shape index (κ2) is 4.41. The number of rotatable bonds is 2. The summed E-state index contributed by atoms with van der Waals surface area (Å²) in [4.78, 5) is 10.6. The number of aliphatic carboxylic acids is 1. The molecule has 0 aromatic heterocycles. The molecule has 0 heterocycles. The van der Waals surface area contributed by atoms with Gasteiger partial charge in [-0.25, -0.2) is 0 Å². The van der Waals surface area contributed by atoms with Crippen molar-refractivity contribution < 1.29 is 9.90 Å². The smallest absolute Gasteiger partial charge is 0.307 e. The molecule has 0 fully saturated rings. The van der Waals surface area contributed by atoms with Crippen LogP contribution in [0, 0.1) is 10.5 Å². The molecule has 4 heteroatoms. The summed E-state index contributed by atoms with van der Waals surface area (Å²) < 4.78 is 1.96. The molecule has 1 N–H and O–H groups in total. The minimum Gasteiger partial charge on any atom is -0.481 e. The van der Waals surface area contributed by atoms with Gasteiger partial charge in [0.1, 0.15) is 0 Å². The average molecular weight is 355 g/mol. The van der Waals surface area contributed by atoms with Gasteiger partial charge in [-0.3, -0.25) is 4.79 Å². The summed E-state index contributed by atoms with van der Waals surface area (Å²) in [5.41, 5.74) is 1.90. The van der Waals surface area contributed by atoms with Gasteiger partial charge in [0, 0.05) is 8.04 Å². The maximum atomic E-state index is 10.6. The van der Waals surface area contributed by atoms with Crippen molar-refractivity contribution in [2.75, 3.05) is 0 Å². The predicted octanol–water partition coefficient (Wildman–Crippen LogP) is 2.99. The Bertz CT molecular complexity index is 350. The molecule has 0 bridgehead atoms. The zero-order valence-electron chi connectivity index (χ0n) is 6.97. The average Bonchev–Trinajstić information content (AvgIpc) is 2.05. The SMILES string of the molecule is Cc1c(I)ccc(Br)c1CC(=O)O. The second-order valence-corrected chi connectivity index (χ2v) is 4.72. The number of benzene rings is 1. The Labute approximate surface area is 98.6 Å². The van der Waals surface area contributed by atoms with Crippen LogP contribution in [0.2, 0.25) is 0 Å². The predicted molar refractivity (Wildman–Crippen MR) is 62.9 cm³/mol. The Morgan fingerprint density at radius 1 is 1.62 bits per heavy atom. The van der Waals surface area contributed by atoms with E-state index >= 15 is 0 Å². The Morgan fingerprint density at radius 2 is 2.23 bits per heavy atom. The largest absolute Gasteiger partial charge is 0.481 e. The van der Waals surface area contributed by atoms with Gasteiger partial charge in [0.05, 0.1) is 6.42 Å². The van der Waals surface area contributed by atoms with Crippen LogP contribution in [-0.4, -0.2) is 11.1 Å². The lowest BCUT2D eigenvalue weighted by molar-refractivity contribution is -0.136. The molecule has 0 aliphatic heterocycles. The van der Waals surface area contributed by atoms with Crippen molar-refractivity contribution in [1.29, 1.82) is 0 Å². The molecule has 0 saturated carbocycles. The first kappa shape index (κ1) is 11.0. The summed E-state index contributed by atoms with van der Waals surface area (Å²) in [5, 5.41) is 8.68. The van der Waals surface area contributed by atoms with E-state index in [4.69, 9.17) is 5.11 Å². The number of hydrogen-bond acceptors (Lipinski definition) is 1. The lowest BCUT2D eigenvalue weighted by atomic mass is 10.1. The van der Waals surface area contributed by atoms with Crippen molar-refractivity contribution in [1.82, 2.24) is 0 Å². The third kappa shape index (κ3) is 2.67. The van der Waals surface area contributed by atoms with Gasteiger partial charge >= 0.3 is 5.97 Å². The zero-order chi connectivity index (χ0) is 10.0. The molecular formula is C9H8BrIO2. The molecule has 0 unspecified atom stereocenters. The molecule has 70 valence electrons. The quantitative estimate of drug-likeness (QED) is 0.829. The minimum absolute atomic E-state index is 0.0727. The van der Waals surface area contributed by atoms with Crippen molar-refractivity contribution in [3.63, 3.8) is 0 Å². The molecule has 1 aromatic carbocycles. The van der Waals surface area contributed by atoms with E-state index in [0.717, 1.165) is 19.2 Å². The van der Waals surface area contributed by atoms with E-state index in [2.05, 4.69) is 38.5 Å². The molecule has 0 aliphatic rings. The highest BCUT2D eigenvalue weighted by molar-refractivity contribution is 14.1. The normalized spacial score (nSPS) is 10.1. The van der Waals surface area contributed by atoms with Crippen LogP contribution >= 0.6 is 38.5 Å². The highest BCUT2D eigenvalue weighted by atomic mass is 127. The van der Waals surface area contributed by atoms with Crippen molar-refractivity contribution in [2.45, 2.75) is 13.3 Å². The van der Waals surface area contributed by atoms with Gasteiger partial charge in [-0.2, -0.15) is 0 Å². The topological polar surface area (TPSA) is 37.3 Å². The monoisotopic (exact) mass is 354 g/mol. The van der Waals surface area contributed by atoms with Gasteiger partial charge in [-0.05, 0) is 52.8 Å². The first-order valence-electron chi connectivity index (χ1n) is 3.67. The van der Waals surface area contributed by atoms with Crippen LogP contribution in [0.3, 0.4) is 0 Å². The molecule has 0 saturated heterocycles. The van der Waals surface area contributed by atoms with Gasteiger partial charge in [0.15, 0.2) is 0 Å². The van der Waals surface area contributed by atoms with Gasteiger partial charge in [0.2, 0.25) is 0 Å². The Kier molecular flexibility index (Phi) is 3.73. The summed E-state index contributed by atoms with van der Waals surface area (Å²) >= 11 is 5.54. The highest BCUT2D eigenvalue weighted by Gasteiger charge is 2.09. The van der Waals surface area contributed by atoms with Crippen molar-refractivity contribution in [3.8, 4) is 0 Å². The van der Waals surface area contributed by atoms with E-state index in [1.807, 2.05) is 19.1 Å². The fourth-order valence-corrected chi connectivity index (χ4v) is 2.14. The Balaban J connectivity index is 3.17. The molecule has 2 nitrogen and oxygen atoms in total. The van der Waals surface area contributed by atoms with Crippen LogP contribution in [0.5, 0.6) is 0 Å². The maximum Gasteiger partial charge on any atom is 0.307 e. The van der Waals surface area contributed by atoms with E-state index < -0.39 is 5.97 Å². The molecule has 0 aliphatic carbocycles. The van der Waals surface area contributed by atoms with Crippen LogP contribution in [0.4, 0.5) is 0 Å². The summed E-state index contributed by atoms with van der Waals surface area (Å²) in [6.07, 6.45) is 0.0727. The molecule has 0 atom stereocenters. The van der Waals surface area contributed by atoms with Crippen LogP contribution in [0.15, 0.2) is 16.6 Å². The molecule has 0 radical (unpaired) electrons. The summed E-state index contributed by atoms with van der Waals surface area (Å²) in [7, 11) is 0. The first-order valence-corrected chi connectivity index (χ1v) is 5.55. The Morgan fingerprint density at radius 3 is 2.77 bits per heavy atom. The third-order valence-corrected chi connectivity index (χ3v) is 3.71. The molecule has 1 aromatic rings. The minimum atomic E-state index is -0.800. The second-order valence-electron chi connectivity index (χ2n) is 2.70. The zero-order valence-corrected chi connectivity index (χ0v) is 10.7. The van der Waals surface area contributed by atoms with Crippen molar-refractivity contribution in [3.05, 3.63) is 31.3 Å². The van der Waals surface area contributed by atoms with Gasteiger partial charge < -0.3 is 5.11 Å². The fraction of sp³-hybridized carbons (Fsp3) is 0.222. The Hall–Kier alpha value is -0.100. The molecule has 1 rings (SSSR count). The van der Waals surface area contributed by atoms with Gasteiger partial charge in [-0.15, -0.1) is 0 Å². The third-order valence-electron chi connectivity index (χ3n) is 1.80. The summed E-state index contributed by atoms with van der Waals surface area (Å²) in [6, 6.07) is 3.85. The van der Waals surface area contributed by atoms with E-state index in [1.165, 1.54) is 0 Å². The van der Waals surface area contributed by atoms with Crippen LogP contribution in [0.25, 0.3) is 0 Å². The molecule has 13 heavy (non-hydrogen) atoms. The lowest BCUT2D eigenvalue weighted by Crippen LogP contribution is -2.03. The van der Waals surface area contributed by atoms with E-state index in [-0.39, 0.29) is 6.42 Å². The van der Waals surface area contributed by atoms with E-state index in [1.54, 1.807) is 0 Å². The number of hydrogen-bond donors (Lipinski definition) is 1. The summed E-state index contributed by atoms with van der Waals surface area (Å²) in [5.74, 6) is -0.800. The fourth-order valence-electron chi connectivity index (χ4n) is 1.06. The maximum absolute atomic E-state index is 10.6. The highest BCUT2D eigenvalue weighted by Crippen LogP contribution is 2.24. The van der Waals surface area contributed by atoms with Gasteiger partial charge in [-0.1, -0.05) is 15.9 Å². The van der Waals surface area contributed by atoms with Crippen molar-refractivity contribution in [2.24, 2.45) is 0 Å². The van der Waals surface area contributed by atoms with Crippen LogP contribution in [-0.2, 0) is 11.2 Å². The standard InChI is InChI=1S/C9H8BrIO2/c1-5-6(4-9(12)13)7(10)2-3-8(5)11/h2-3H,4H2,1H3,(H,12,13). The first-order chi connectivity index (χ1) is 6.02. The number of halogens is 2. The van der Waals surface area contributed by atoms with Crippen LogP contribution < -0.4 is 0 Å². The summed E-state index contributed by atoms with van der Waals surface area (Å²) in [6.45, 7) is 1.94. The molecular weight excluding hydrogens is 347 g/mol. The lowest BCUT2D eigenvalue weighted by Gasteiger charge is -2.07.